The van der Waals surface area contributed by atoms with Crippen molar-refractivity contribution in [3.05, 3.63) is 74.6 Å². The maximum atomic E-state index is 13.5. The minimum atomic E-state index is -1.02. The summed E-state index contributed by atoms with van der Waals surface area (Å²) in [5.41, 5.74) is -0.576. The molecule has 10 heteroatoms. The summed E-state index contributed by atoms with van der Waals surface area (Å²) in [6.45, 7) is 0. The van der Waals surface area contributed by atoms with Crippen molar-refractivity contribution in [2.75, 3.05) is 4.90 Å². The van der Waals surface area contributed by atoms with Crippen molar-refractivity contribution in [1.29, 1.82) is 0 Å². The third-order valence-electron chi connectivity index (χ3n) is 3.66. The predicted octanol–water partition coefficient (Wildman–Crippen LogP) is 3.22. The molecule has 1 N–H and O–H groups in total. The zero-order chi connectivity index (χ0) is 19.7. The minimum Gasteiger partial charge on any atom is -0.298 e. The first kappa shape index (κ1) is 18.6. The molecule has 2 amide bonds. The van der Waals surface area contributed by atoms with Gasteiger partial charge >= 0.3 is 5.69 Å². The zero-order valence-corrected chi connectivity index (χ0v) is 14.9. The first-order valence-corrected chi connectivity index (χ1v) is 8.17. The van der Waals surface area contributed by atoms with Crippen LogP contribution in [0.25, 0.3) is 6.08 Å². The Morgan fingerprint density at radius 3 is 2.48 bits per heavy atom. The number of hydrogen-bond acceptors (Lipinski definition) is 5. The van der Waals surface area contributed by atoms with Crippen LogP contribution in [0.15, 0.2) is 48.0 Å². The minimum absolute atomic E-state index is 0.116. The Morgan fingerprint density at radius 1 is 1.19 bits per heavy atom. The van der Waals surface area contributed by atoms with E-state index in [9.17, 15) is 24.1 Å². The molecular weight excluding hydrogens is 397 g/mol. The molecule has 136 valence electrons. The van der Waals surface area contributed by atoms with Crippen LogP contribution in [0.5, 0.6) is 0 Å². The molecule has 3 rings (SSSR count). The number of benzene rings is 2. The van der Waals surface area contributed by atoms with Crippen LogP contribution in [0.4, 0.5) is 15.8 Å². The summed E-state index contributed by atoms with van der Waals surface area (Å²) in [6.07, 6.45) is 1.13. The van der Waals surface area contributed by atoms with E-state index in [1.807, 2.05) is 0 Å². The fraction of sp³-hybridized carbons (Fsp3) is 0. The van der Waals surface area contributed by atoms with E-state index in [-0.39, 0.29) is 16.2 Å². The van der Waals surface area contributed by atoms with Crippen molar-refractivity contribution in [3.63, 3.8) is 0 Å². The van der Waals surface area contributed by atoms with Crippen molar-refractivity contribution < 1.29 is 18.9 Å². The molecule has 1 fully saturated rings. The van der Waals surface area contributed by atoms with Crippen molar-refractivity contribution in [1.82, 2.24) is 5.32 Å². The van der Waals surface area contributed by atoms with E-state index in [0.717, 1.165) is 23.1 Å². The lowest BCUT2D eigenvalue weighted by Crippen LogP contribution is -2.54. The van der Waals surface area contributed by atoms with E-state index < -0.39 is 28.2 Å². The smallest absolute Gasteiger partial charge is 0.298 e. The molecule has 0 atom stereocenters. The number of halogens is 2. The van der Waals surface area contributed by atoms with Crippen molar-refractivity contribution in [2.24, 2.45) is 0 Å². The molecule has 0 bridgehead atoms. The van der Waals surface area contributed by atoms with E-state index >= 15 is 0 Å². The molecule has 7 nitrogen and oxygen atoms in total. The molecule has 1 aliphatic rings. The first-order valence-electron chi connectivity index (χ1n) is 7.39. The number of thiocarbonyl (C=S) groups is 1. The molecule has 1 heterocycles. The molecule has 0 spiro atoms. The largest absolute Gasteiger partial charge is 0.305 e. The topological polar surface area (TPSA) is 92.6 Å². The van der Waals surface area contributed by atoms with Gasteiger partial charge < -0.3 is 0 Å². The normalized spacial score (nSPS) is 15.9. The lowest BCUT2D eigenvalue weighted by molar-refractivity contribution is -0.387. The molecule has 0 unspecified atom stereocenters. The highest BCUT2D eigenvalue weighted by molar-refractivity contribution is 7.80. The number of nitrogens with zero attached hydrogens (tertiary/aromatic N) is 2. The van der Waals surface area contributed by atoms with Crippen molar-refractivity contribution in [2.45, 2.75) is 0 Å². The molecular formula is C17H9ClFN3O4S. The van der Waals surface area contributed by atoms with Crippen LogP contribution >= 0.6 is 23.8 Å². The van der Waals surface area contributed by atoms with Gasteiger partial charge in [-0.05, 0) is 54.2 Å². The quantitative estimate of drug-likeness (QED) is 0.278. The monoisotopic (exact) mass is 405 g/mol. The number of hydrogen-bond donors (Lipinski definition) is 1. The first-order chi connectivity index (χ1) is 12.8. The van der Waals surface area contributed by atoms with E-state index in [2.05, 4.69) is 5.32 Å². The highest BCUT2D eigenvalue weighted by Crippen LogP contribution is 2.25. The number of rotatable bonds is 3. The lowest BCUT2D eigenvalue weighted by atomic mass is 10.1. The summed E-state index contributed by atoms with van der Waals surface area (Å²) >= 11 is 10.9. The molecule has 0 radical (unpaired) electrons. The number of carbonyl (C=O) groups excluding carboxylic acids is 2. The number of anilines is 1. The van der Waals surface area contributed by atoms with Gasteiger partial charge in [0.15, 0.2) is 5.11 Å². The SMILES string of the molecule is O=C1NC(=S)N(c2ccc(Cl)cc2)C(=O)/C1=C/c1ccc(F)c([N+](=O)[O-])c1. The molecule has 0 aliphatic carbocycles. The fourth-order valence-electron chi connectivity index (χ4n) is 2.41. The molecule has 2 aromatic rings. The van der Waals surface area contributed by atoms with Crippen LogP contribution in [0.3, 0.4) is 0 Å². The second-order valence-corrected chi connectivity index (χ2v) is 6.23. The Balaban J connectivity index is 2.03. The Morgan fingerprint density at radius 2 is 1.85 bits per heavy atom. The Hall–Kier alpha value is -3.17. The second kappa shape index (κ2) is 7.22. The third-order valence-corrected chi connectivity index (χ3v) is 4.20. The van der Waals surface area contributed by atoms with Gasteiger partial charge in [0.2, 0.25) is 5.82 Å². The number of nitro groups is 1. The van der Waals surface area contributed by atoms with Crippen LogP contribution in [0, 0.1) is 15.9 Å². The fourth-order valence-corrected chi connectivity index (χ4v) is 2.82. The van der Waals surface area contributed by atoms with Gasteiger partial charge in [0, 0.05) is 11.1 Å². The Kier molecular flexibility index (Phi) is 4.98. The van der Waals surface area contributed by atoms with Gasteiger partial charge in [-0.1, -0.05) is 17.7 Å². The number of nitro benzene ring substituents is 1. The van der Waals surface area contributed by atoms with Crippen LogP contribution in [0.2, 0.25) is 5.02 Å². The van der Waals surface area contributed by atoms with Crippen LogP contribution in [-0.4, -0.2) is 21.9 Å². The van der Waals surface area contributed by atoms with Gasteiger partial charge in [0.25, 0.3) is 11.8 Å². The molecule has 2 aromatic carbocycles. The van der Waals surface area contributed by atoms with E-state index in [1.54, 1.807) is 24.3 Å². The highest BCUT2D eigenvalue weighted by atomic mass is 35.5. The number of amides is 2. The van der Waals surface area contributed by atoms with E-state index in [1.165, 1.54) is 6.07 Å². The van der Waals surface area contributed by atoms with Gasteiger partial charge in [-0.3, -0.25) is 29.9 Å². The molecule has 0 aromatic heterocycles. The van der Waals surface area contributed by atoms with E-state index in [4.69, 9.17) is 23.8 Å². The molecule has 1 saturated heterocycles. The van der Waals surface area contributed by atoms with Gasteiger partial charge in [0.05, 0.1) is 10.6 Å². The average molecular weight is 406 g/mol. The second-order valence-electron chi connectivity index (χ2n) is 5.40. The highest BCUT2D eigenvalue weighted by Gasteiger charge is 2.34. The maximum absolute atomic E-state index is 13.5. The molecule has 0 saturated carbocycles. The lowest BCUT2D eigenvalue weighted by Gasteiger charge is -2.28. The van der Waals surface area contributed by atoms with Gasteiger partial charge in [0.1, 0.15) is 5.57 Å². The summed E-state index contributed by atoms with van der Waals surface area (Å²) in [7, 11) is 0. The average Bonchev–Trinajstić information content (AvgIpc) is 2.61. The molecule has 1 aliphatic heterocycles. The standard InChI is InChI=1S/C17H9ClFN3O4S/c18-10-2-4-11(5-3-10)21-16(24)12(15(23)20-17(21)27)7-9-1-6-13(19)14(8-9)22(25)26/h1-8H,(H,20,23,27)/b12-7+. The Labute approximate surface area is 162 Å². The van der Waals surface area contributed by atoms with Crippen LogP contribution in [0.1, 0.15) is 5.56 Å². The number of nitrogens with one attached hydrogen (secondary N) is 1. The van der Waals surface area contributed by atoms with Gasteiger partial charge in [-0.15, -0.1) is 0 Å². The predicted molar refractivity (Wildman–Crippen MR) is 101 cm³/mol. The van der Waals surface area contributed by atoms with Crippen molar-refractivity contribution in [3.8, 4) is 0 Å². The van der Waals surface area contributed by atoms with Gasteiger partial charge in [-0.25, -0.2) is 0 Å². The summed E-state index contributed by atoms with van der Waals surface area (Å²) in [5, 5.41) is 13.6. The Bertz CT molecular complexity index is 1020. The summed E-state index contributed by atoms with van der Waals surface area (Å²) in [5.74, 6) is -2.51. The summed E-state index contributed by atoms with van der Waals surface area (Å²) in [6, 6.07) is 9.23. The van der Waals surface area contributed by atoms with Crippen LogP contribution < -0.4 is 10.2 Å². The van der Waals surface area contributed by atoms with Gasteiger partial charge in [-0.2, -0.15) is 4.39 Å². The van der Waals surface area contributed by atoms with Crippen molar-refractivity contribution >= 4 is 58.2 Å². The zero-order valence-electron chi connectivity index (χ0n) is 13.3. The maximum Gasteiger partial charge on any atom is 0.305 e. The summed E-state index contributed by atoms with van der Waals surface area (Å²) < 4.78 is 13.5. The third kappa shape index (κ3) is 3.69. The van der Waals surface area contributed by atoms with E-state index in [0.29, 0.717) is 10.7 Å². The molecule has 27 heavy (non-hydrogen) atoms. The summed E-state index contributed by atoms with van der Waals surface area (Å²) in [4.78, 5) is 36.0. The number of carbonyl (C=O) groups is 2. The van der Waals surface area contributed by atoms with Crippen LogP contribution in [-0.2, 0) is 9.59 Å².